The summed E-state index contributed by atoms with van der Waals surface area (Å²) in [5, 5.41) is 0.708. The topological polar surface area (TPSA) is 46.6 Å². The van der Waals surface area contributed by atoms with E-state index in [0.29, 0.717) is 18.0 Å². The third-order valence-electron chi connectivity index (χ3n) is 3.98. The summed E-state index contributed by atoms with van der Waals surface area (Å²) < 4.78 is 28.4. The molecule has 1 aromatic rings. The van der Waals surface area contributed by atoms with Gasteiger partial charge in [0.05, 0.1) is 6.26 Å². The Balaban J connectivity index is 1.87. The third kappa shape index (κ3) is 3.42. The van der Waals surface area contributed by atoms with Crippen molar-refractivity contribution >= 4 is 27.8 Å². The van der Waals surface area contributed by atoms with Crippen LogP contribution < -0.4 is 0 Å². The normalized spacial score (nSPS) is 27.3. The van der Waals surface area contributed by atoms with Crippen LogP contribution in [0.2, 0.25) is 5.02 Å². The average Bonchev–Trinajstić information content (AvgIpc) is 2.60. The molecule has 4 nitrogen and oxygen atoms in total. The third-order valence-corrected chi connectivity index (χ3v) is 4.89. The Morgan fingerprint density at radius 3 is 2.71 bits per heavy atom. The highest BCUT2D eigenvalue weighted by molar-refractivity contribution is 7.86. The fourth-order valence-electron chi connectivity index (χ4n) is 3.24. The first kappa shape index (κ1) is 14.9. The predicted octanol–water partition coefficient (Wildman–Crippen LogP) is 2.90. The van der Waals surface area contributed by atoms with E-state index < -0.39 is 15.7 Å². The van der Waals surface area contributed by atoms with Gasteiger partial charge >= 0.3 is 0 Å². The molecule has 6 heteroatoms. The zero-order valence-corrected chi connectivity index (χ0v) is 13.5. The van der Waals surface area contributed by atoms with Crippen molar-refractivity contribution < 1.29 is 12.6 Å². The summed E-state index contributed by atoms with van der Waals surface area (Å²) in [5.41, 5.74) is 1.62. The molecule has 0 saturated carbocycles. The number of nitrogens with zero attached hydrogens (tertiary/aromatic N) is 1. The lowest BCUT2D eigenvalue weighted by atomic mass is 9.94. The second kappa shape index (κ2) is 5.30. The Bertz CT molecular complexity index is 669. The van der Waals surface area contributed by atoms with E-state index in [1.807, 2.05) is 24.3 Å². The molecular formula is C15H18ClNO3S. The summed E-state index contributed by atoms with van der Waals surface area (Å²) in [6.45, 7) is 1.60. The van der Waals surface area contributed by atoms with Gasteiger partial charge in [-0.2, -0.15) is 8.42 Å². The van der Waals surface area contributed by atoms with Gasteiger partial charge in [-0.1, -0.05) is 23.7 Å². The maximum Gasteiger partial charge on any atom is 0.264 e. The van der Waals surface area contributed by atoms with Crippen LogP contribution in [-0.2, 0) is 14.3 Å². The summed E-state index contributed by atoms with van der Waals surface area (Å²) in [6, 6.07) is 7.63. The number of halogens is 1. The van der Waals surface area contributed by atoms with Gasteiger partial charge in [-0.15, -0.1) is 0 Å². The number of hydrogen-bond acceptors (Lipinski definition) is 4. The minimum atomic E-state index is -3.44. The van der Waals surface area contributed by atoms with Gasteiger partial charge in [-0.25, -0.2) is 0 Å². The van der Waals surface area contributed by atoms with Crippen LogP contribution >= 0.6 is 11.6 Å². The van der Waals surface area contributed by atoms with Crippen LogP contribution in [-0.4, -0.2) is 38.3 Å². The van der Waals surface area contributed by atoms with Gasteiger partial charge in [-0.3, -0.25) is 4.18 Å². The lowest BCUT2D eigenvalue weighted by Crippen LogP contribution is -2.42. The molecule has 1 unspecified atom stereocenters. The Morgan fingerprint density at radius 1 is 1.33 bits per heavy atom. The van der Waals surface area contributed by atoms with E-state index in [9.17, 15) is 8.42 Å². The first-order valence-corrected chi connectivity index (χ1v) is 9.16. The number of piperidine rings is 1. The van der Waals surface area contributed by atoms with Crippen LogP contribution in [0, 0.1) is 0 Å². The zero-order chi connectivity index (χ0) is 15.1. The Labute approximate surface area is 130 Å². The van der Waals surface area contributed by atoms with E-state index in [-0.39, 0.29) is 0 Å². The van der Waals surface area contributed by atoms with Crippen molar-refractivity contribution in [2.24, 2.45) is 0 Å². The molecule has 3 rings (SSSR count). The molecule has 21 heavy (non-hydrogen) atoms. The van der Waals surface area contributed by atoms with Crippen molar-refractivity contribution in [1.82, 2.24) is 4.90 Å². The van der Waals surface area contributed by atoms with Gasteiger partial charge in [-0.05, 0) is 36.6 Å². The molecule has 0 N–H and O–H groups in total. The van der Waals surface area contributed by atoms with E-state index in [1.54, 1.807) is 0 Å². The fraction of sp³-hybridized carbons (Fsp3) is 0.467. The smallest absolute Gasteiger partial charge is 0.264 e. The molecule has 2 aliphatic heterocycles. The van der Waals surface area contributed by atoms with E-state index in [4.69, 9.17) is 15.8 Å². The highest BCUT2D eigenvalue weighted by Gasteiger charge is 2.46. The van der Waals surface area contributed by atoms with Gasteiger partial charge in [0.1, 0.15) is 5.60 Å². The lowest BCUT2D eigenvalue weighted by molar-refractivity contribution is 0.0533. The minimum Gasteiger partial charge on any atom is -0.372 e. The molecule has 2 bridgehead atoms. The van der Waals surface area contributed by atoms with Crippen LogP contribution in [0.5, 0.6) is 0 Å². The summed E-state index contributed by atoms with van der Waals surface area (Å²) in [5.74, 6) is 0. The number of fused-ring (bicyclic) bond motifs is 2. The Kier molecular flexibility index (Phi) is 3.76. The molecule has 1 atom stereocenters. The molecule has 0 spiro atoms. The summed E-state index contributed by atoms with van der Waals surface area (Å²) in [7, 11) is -3.44. The highest BCUT2D eigenvalue weighted by Crippen LogP contribution is 2.42. The number of rotatable bonds is 3. The average molecular weight is 328 g/mol. The van der Waals surface area contributed by atoms with Gasteiger partial charge in [0.25, 0.3) is 10.1 Å². The summed E-state index contributed by atoms with van der Waals surface area (Å²) in [4.78, 5) is 2.23. The molecule has 0 radical (unpaired) electrons. The molecule has 114 valence electrons. The second-order valence-electron chi connectivity index (χ2n) is 5.86. The van der Waals surface area contributed by atoms with Crippen LogP contribution in [0.1, 0.15) is 24.8 Å². The first-order chi connectivity index (χ1) is 9.85. The summed E-state index contributed by atoms with van der Waals surface area (Å²) in [6.07, 6.45) is 5.60. The van der Waals surface area contributed by atoms with E-state index >= 15 is 0 Å². The molecule has 2 aliphatic rings. The predicted molar refractivity (Wildman–Crippen MR) is 83.5 cm³/mol. The van der Waals surface area contributed by atoms with E-state index in [0.717, 1.165) is 36.9 Å². The Morgan fingerprint density at radius 2 is 2.05 bits per heavy atom. The molecule has 0 aliphatic carbocycles. The standard InChI is InChI=1S/C15H18ClNO3S/c1-21(18,19)20-15-7-2-8-17(11-15)14(10-15)9-12-3-5-13(16)6-4-12/h3-6,9H,2,7-8,10-11H2,1H3/b14-9+. The van der Waals surface area contributed by atoms with Gasteiger partial charge < -0.3 is 4.90 Å². The molecule has 0 aromatic heterocycles. The van der Waals surface area contributed by atoms with Gasteiger partial charge in [0.2, 0.25) is 0 Å². The van der Waals surface area contributed by atoms with Crippen LogP contribution in [0.4, 0.5) is 0 Å². The Hall–Kier alpha value is -1.04. The molecule has 2 heterocycles. The number of hydrogen-bond donors (Lipinski definition) is 0. The lowest BCUT2D eigenvalue weighted by Gasteiger charge is -2.32. The van der Waals surface area contributed by atoms with Crippen LogP contribution in [0.3, 0.4) is 0 Å². The van der Waals surface area contributed by atoms with Gasteiger partial charge in [0.15, 0.2) is 0 Å². The molecule has 2 fully saturated rings. The van der Waals surface area contributed by atoms with Crippen molar-refractivity contribution in [3.8, 4) is 0 Å². The number of benzene rings is 1. The first-order valence-electron chi connectivity index (χ1n) is 6.97. The second-order valence-corrected chi connectivity index (χ2v) is 7.87. The van der Waals surface area contributed by atoms with E-state index in [1.165, 1.54) is 0 Å². The van der Waals surface area contributed by atoms with Crippen molar-refractivity contribution in [1.29, 1.82) is 0 Å². The molecule has 2 saturated heterocycles. The minimum absolute atomic E-state index is 0.579. The maximum absolute atomic E-state index is 11.5. The van der Waals surface area contributed by atoms with Crippen LogP contribution in [0.15, 0.2) is 30.0 Å². The highest BCUT2D eigenvalue weighted by atomic mass is 35.5. The summed E-state index contributed by atoms with van der Waals surface area (Å²) >= 11 is 5.89. The van der Waals surface area contributed by atoms with Crippen molar-refractivity contribution in [3.63, 3.8) is 0 Å². The molecule has 0 amide bonds. The van der Waals surface area contributed by atoms with Crippen molar-refractivity contribution in [3.05, 3.63) is 40.5 Å². The molecule has 1 aromatic carbocycles. The monoisotopic (exact) mass is 327 g/mol. The van der Waals surface area contributed by atoms with Crippen LogP contribution in [0.25, 0.3) is 6.08 Å². The van der Waals surface area contributed by atoms with Crippen molar-refractivity contribution in [2.45, 2.75) is 24.9 Å². The van der Waals surface area contributed by atoms with E-state index in [2.05, 4.69) is 11.0 Å². The SMILES string of the molecule is CS(=O)(=O)OC12CCCN(C1)/C(=C/c1ccc(Cl)cc1)C2. The largest absolute Gasteiger partial charge is 0.372 e. The van der Waals surface area contributed by atoms with Crippen molar-refractivity contribution in [2.75, 3.05) is 19.3 Å². The quantitative estimate of drug-likeness (QED) is 0.801. The fourth-order valence-corrected chi connectivity index (χ4v) is 4.20. The maximum atomic E-state index is 11.5. The van der Waals surface area contributed by atoms with Gasteiger partial charge in [0, 0.05) is 30.2 Å². The zero-order valence-electron chi connectivity index (χ0n) is 11.9. The molecular weight excluding hydrogens is 310 g/mol.